The minimum absolute atomic E-state index is 0.230. The maximum absolute atomic E-state index is 12.8. The number of H-pyrrole nitrogens is 1. The summed E-state index contributed by atoms with van der Waals surface area (Å²) < 4.78 is 6.65. The molecule has 0 radical (unpaired) electrons. The number of rotatable bonds is 5. The van der Waals surface area contributed by atoms with Gasteiger partial charge in [-0.3, -0.25) is 14.7 Å². The fourth-order valence-corrected chi connectivity index (χ4v) is 4.48. The van der Waals surface area contributed by atoms with Gasteiger partial charge in [-0.05, 0) is 26.0 Å². The molecule has 0 unspecified atom stereocenters. The Balaban J connectivity index is 1.54. The second-order valence-corrected chi connectivity index (χ2v) is 7.95. The molecular formula is C19H17N5O3S2. The van der Waals surface area contributed by atoms with Crippen molar-refractivity contribution in [2.75, 3.05) is 12.4 Å². The molecule has 29 heavy (non-hydrogen) atoms. The number of aromatic amines is 1. The molecule has 2 N–H and O–H groups in total. The van der Waals surface area contributed by atoms with Crippen molar-refractivity contribution in [1.82, 2.24) is 19.5 Å². The summed E-state index contributed by atoms with van der Waals surface area (Å²) >= 11 is 2.83. The molecule has 4 aromatic rings. The van der Waals surface area contributed by atoms with Gasteiger partial charge in [-0.1, -0.05) is 0 Å². The Morgan fingerprint density at radius 3 is 2.79 bits per heavy atom. The second kappa shape index (κ2) is 7.64. The average Bonchev–Trinajstić information content (AvgIpc) is 3.48. The topological polar surface area (TPSA) is 102 Å². The summed E-state index contributed by atoms with van der Waals surface area (Å²) in [5.41, 5.74) is 4.07. The van der Waals surface area contributed by atoms with Crippen molar-refractivity contribution in [3.63, 3.8) is 0 Å². The van der Waals surface area contributed by atoms with Crippen LogP contribution in [0.15, 0.2) is 35.3 Å². The van der Waals surface area contributed by atoms with Gasteiger partial charge in [0.15, 0.2) is 10.3 Å². The van der Waals surface area contributed by atoms with Crippen LogP contribution in [-0.2, 0) is 4.74 Å². The van der Waals surface area contributed by atoms with Crippen molar-refractivity contribution in [2.24, 2.45) is 0 Å². The number of aromatic nitrogens is 4. The lowest BCUT2D eigenvalue weighted by atomic mass is 10.2. The third-order valence-corrected chi connectivity index (χ3v) is 5.91. The molecule has 1 amide bonds. The Morgan fingerprint density at radius 2 is 2.07 bits per heavy atom. The summed E-state index contributed by atoms with van der Waals surface area (Å²) in [5.74, 6) is -0.679. The Labute approximate surface area is 174 Å². The Bertz CT molecular complexity index is 1190. The number of carbonyl (C=O) groups is 2. The van der Waals surface area contributed by atoms with Crippen LogP contribution in [-0.4, -0.2) is 38.5 Å². The molecule has 0 saturated carbocycles. The van der Waals surface area contributed by atoms with E-state index in [0.29, 0.717) is 22.1 Å². The first-order valence-electron chi connectivity index (χ1n) is 8.60. The van der Waals surface area contributed by atoms with Crippen molar-refractivity contribution < 1.29 is 14.3 Å². The number of methoxy groups -OCH3 is 1. The molecule has 0 saturated heterocycles. The normalized spacial score (nSPS) is 10.9. The number of ether oxygens (including phenoxy) is 1. The molecular weight excluding hydrogens is 410 g/mol. The predicted molar refractivity (Wildman–Crippen MR) is 112 cm³/mol. The summed E-state index contributed by atoms with van der Waals surface area (Å²) in [7, 11) is 1.32. The van der Waals surface area contributed by atoms with Gasteiger partial charge >= 0.3 is 5.97 Å². The van der Waals surface area contributed by atoms with E-state index in [4.69, 9.17) is 4.74 Å². The van der Waals surface area contributed by atoms with Crippen LogP contribution >= 0.6 is 22.7 Å². The number of amides is 1. The van der Waals surface area contributed by atoms with Gasteiger partial charge in [0.05, 0.1) is 18.4 Å². The monoisotopic (exact) mass is 427 g/mol. The number of esters is 1. The van der Waals surface area contributed by atoms with Crippen LogP contribution in [0.3, 0.4) is 0 Å². The van der Waals surface area contributed by atoms with E-state index >= 15 is 0 Å². The SMILES string of the molecule is COC(=O)c1cc(-c2csc(NC(=O)c3cc(C)n(-c4nccs4)c3C)n2)c[nH]1. The summed E-state index contributed by atoms with van der Waals surface area (Å²) in [6.45, 7) is 3.84. The van der Waals surface area contributed by atoms with Crippen LogP contribution in [0.1, 0.15) is 32.2 Å². The third-order valence-electron chi connectivity index (χ3n) is 4.40. The molecule has 10 heteroatoms. The van der Waals surface area contributed by atoms with E-state index in [-0.39, 0.29) is 5.91 Å². The first kappa shape index (κ1) is 19.1. The highest BCUT2D eigenvalue weighted by Gasteiger charge is 2.19. The number of thiazole rings is 2. The molecule has 0 aliphatic heterocycles. The van der Waals surface area contributed by atoms with Crippen LogP contribution < -0.4 is 5.32 Å². The van der Waals surface area contributed by atoms with Crippen molar-refractivity contribution >= 4 is 39.7 Å². The lowest BCUT2D eigenvalue weighted by Gasteiger charge is -2.05. The van der Waals surface area contributed by atoms with Gasteiger partial charge in [0.1, 0.15) is 5.69 Å². The van der Waals surface area contributed by atoms with Gasteiger partial charge in [-0.25, -0.2) is 14.8 Å². The van der Waals surface area contributed by atoms with Crippen molar-refractivity contribution in [2.45, 2.75) is 13.8 Å². The summed E-state index contributed by atoms with van der Waals surface area (Å²) in [4.78, 5) is 36.0. The molecule has 0 aromatic carbocycles. The highest BCUT2D eigenvalue weighted by atomic mass is 32.1. The quantitative estimate of drug-likeness (QED) is 0.468. The van der Waals surface area contributed by atoms with E-state index in [9.17, 15) is 9.59 Å². The lowest BCUT2D eigenvalue weighted by Crippen LogP contribution is -2.13. The smallest absolute Gasteiger partial charge is 0.354 e. The van der Waals surface area contributed by atoms with Gasteiger partial charge in [0.2, 0.25) is 0 Å². The summed E-state index contributed by atoms with van der Waals surface area (Å²) in [6.07, 6.45) is 3.41. The number of carbonyl (C=O) groups excluding carboxylic acids is 2. The lowest BCUT2D eigenvalue weighted by molar-refractivity contribution is 0.0594. The number of nitrogens with zero attached hydrogens (tertiary/aromatic N) is 3. The van der Waals surface area contributed by atoms with Crippen LogP contribution in [0, 0.1) is 13.8 Å². The molecule has 8 nitrogen and oxygen atoms in total. The number of hydrogen-bond donors (Lipinski definition) is 2. The highest BCUT2D eigenvalue weighted by Crippen LogP contribution is 2.27. The van der Waals surface area contributed by atoms with E-state index in [1.165, 1.54) is 29.8 Å². The Kier molecular flexibility index (Phi) is 5.03. The molecule has 0 aliphatic rings. The molecule has 0 aliphatic carbocycles. The minimum Gasteiger partial charge on any atom is -0.464 e. The molecule has 4 rings (SSSR count). The van der Waals surface area contributed by atoms with Gasteiger partial charge < -0.3 is 9.72 Å². The largest absolute Gasteiger partial charge is 0.464 e. The van der Waals surface area contributed by atoms with E-state index in [2.05, 4.69) is 20.3 Å². The van der Waals surface area contributed by atoms with Gasteiger partial charge in [0.25, 0.3) is 5.91 Å². The van der Waals surface area contributed by atoms with Crippen LogP contribution in [0.2, 0.25) is 0 Å². The average molecular weight is 428 g/mol. The number of hydrogen-bond acceptors (Lipinski definition) is 7. The summed E-state index contributed by atoms with van der Waals surface area (Å²) in [6, 6.07) is 3.50. The zero-order valence-electron chi connectivity index (χ0n) is 15.8. The first-order chi connectivity index (χ1) is 14.0. The molecule has 148 valence electrons. The number of aryl methyl sites for hydroxylation is 1. The van der Waals surface area contributed by atoms with E-state index < -0.39 is 5.97 Å². The second-order valence-electron chi connectivity index (χ2n) is 6.22. The first-order valence-corrected chi connectivity index (χ1v) is 10.4. The van der Waals surface area contributed by atoms with Crippen molar-refractivity contribution in [1.29, 1.82) is 0 Å². The maximum atomic E-state index is 12.8. The fraction of sp³-hybridized carbons (Fsp3) is 0.158. The highest BCUT2D eigenvalue weighted by molar-refractivity contribution is 7.14. The Morgan fingerprint density at radius 1 is 1.24 bits per heavy atom. The van der Waals surface area contributed by atoms with Crippen molar-refractivity contribution in [3.05, 3.63) is 57.9 Å². The molecule has 0 fully saturated rings. The van der Waals surface area contributed by atoms with Gasteiger partial charge in [0, 0.05) is 40.1 Å². The zero-order chi connectivity index (χ0) is 20.5. The maximum Gasteiger partial charge on any atom is 0.354 e. The van der Waals surface area contributed by atoms with Crippen LogP contribution in [0.25, 0.3) is 16.4 Å². The molecule has 0 bridgehead atoms. The number of anilines is 1. The number of nitrogens with one attached hydrogen (secondary N) is 2. The fourth-order valence-electron chi connectivity index (χ4n) is 3.01. The molecule has 4 heterocycles. The zero-order valence-corrected chi connectivity index (χ0v) is 17.5. The molecule has 0 atom stereocenters. The van der Waals surface area contributed by atoms with Crippen LogP contribution in [0.4, 0.5) is 5.13 Å². The van der Waals surface area contributed by atoms with Gasteiger partial charge in [-0.15, -0.1) is 22.7 Å². The van der Waals surface area contributed by atoms with Crippen LogP contribution in [0.5, 0.6) is 0 Å². The predicted octanol–water partition coefficient (Wildman–Crippen LogP) is 4.04. The van der Waals surface area contributed by atoms with E-state index in [1.807, 2.05) is 35.2 Å². The summed E-state index contributed by atoms with van der Waals surface area (Å²) in [5, 5.41) is 7.87. The molecule has 4 aromatic heterocycles. The van der Waals surface area contributed by atoms with Crippen molar-refractivity contribution in [3.8, 4) is 16.4 Å². The Hall–Kier alpha value is -3.24. The third kappa shape index (κ3) is 3.59. The standard InChI is InChI=1S/C19H17N5O3S2/c1-10-6-13(11(2)24(10)19-20-4-5-28-19)16(25)23-18-22-15(9-29-18)12-7-14(21-8-12)17(26)27-3/h4-9,21H,1-3H3,(H,22,23,25). The minimum atomic E-state index is -0.449. The van der Waals surface area contributed by atoms with Gasteiger partial charge in [-0.2, -0.15) is 0 Å². The van der Waals surface area contributed by atoms with E-state index in [0.717, 1.165) is 22.1 Å². The molecule has 0 spiro atoms. The van der Waals surface area contributed by atoms with E-state index in [1.54, 1.807) is 18.5 Å².